The molecule has 0 aromatic heterocycles. The van der Waals surface area contributed by atoms with E-state index in [4.69, 9.17) is 4.43 Å². The van der Waals surface area contributed by atoms with E-state index in [9.17, 15) is 0 Å². The lowest BCUT2D eigenvalue weighted by atomic mass is 10.0. The lowest BCUT2D eigenvalue weighted by molar-refractivity contribution is 0.377. The molecule has 3 rings (SSSR count). The molecule has 0 N–H and O–H groups in total. The topological polar surface area (TPSA) is 9.23 Å². The molecule has 0 aliphatic carbocycles. The number of benzene rings is 3. The Morgan fingerprint density at radius 2 is 1.44 bits per heavy atom. The SMILES string of the molecule is C=C(CCC/C(C)=C\Cc1cccc(C)c1)O[Si](c1ccccc1)(c1ccccc1)C(C)(C)C. The minimum atomic E-state index is -2.57. The average Bonchev–Trinajstić information content (AvgIpc) is 2.81. The van der Waals surface area contributed by atoms with Gasteiger partial charge in [-0.05, 0) is 54.1 Å². The molecule has 0 fully saturated rings. The fourth-order valence-corrected chi connectivity index (χ4v) is 9.18. The van der Waals surface area contributed by atoms with E-state index in [0.29, 0.717) is 0 Å². The van der Waals surface area contributed by atoms with Gasteiger partial charge in [-0.1, -0.05) is 129 Å². The van der Waals surface area contributed by atoms with E-state index < -0.39 is 8.32 Å². The average molecular weight is 469 g/mol. The molecule has 0 bridgehead atoms. The van der Waals surface area contributed by atoms with Crippen LogP contribution in [-0.4, -0.2) is 8.32 Å². The summed E-state index contributed by atoms with van der Waals surface area (Å²) in [5.41, 5.74) is 4.12. The van der Waals surface area contributed by atoms with Gasteiger partial charge < -0.3 is 4.43 Å². The molecule has 34 heavy (non-hydrogen) atoms. The van der Waals surface area contributed by atoms with Crippen molar-refractivity contribution >= 4 is 18.7 Å². The summed E-state index contributed by atoms with van der Waals surface area (Å²) in [5, 5.41) is 2.55. The van der Waals surface area contributed by atoms with Crippen LogP contribution < -0.4 is 10.4 Å². The Hall–Kier alpha value is -2.84. The lowest BCUT2D eigenvalue weighted by Crippen LogP contribution is -2.66. The Kier molecular flexibility index (Phi) is 8.74. The second-order valence-corrected chi connectivity index (χ2v) is 14.6. The van der Waals surface area contributed by atoms with Gasteiger partial charge in [-0.3, -0.25) is 0 Å². The van der Waals surface area contributed by atoms with Crippen LogP contribution in [0, 0.1) is 6.92 Å². The van der Waals surface area contributed by atoms with Crippen molar-refractivity contribution in [2.24, 2.45) is 0 Å². The molecular formula is C32H40OSi. The molecule has 0 heterocycles. The molecule has 2 heteroatoms. The highest BCUT2D eigenvalue weighted by Gasteiger charge is 2.52. The summed E-state index contributed by atoms with van der Waals surface area (Å²) < 4.78 is 7.02. The van der Waals surface area contributed by atoms with Gasteiger partial charge in [-0.2, -0.15) is 0 Å². The lowest BCUT2D eigenvalue weighted by Gasteiger charge is -2.43. The van der Waals surface area contributed by atoms with Crippen LogP contribution in [-0.2, 0) is 10.8 Å². The van der Waals surface area contributed by atoms with Gasteiger partial charge in [0.15, 0.2) is 0 Å². The minimum absolute atomic E-state index is 0.0394. The number of hydrogen-bond donors (Lipinski definition) is 0. The van der Waals surface area contributed by atoms with Crippen LogP contribution in [0.15, 0.2) is 109 Å². The maximum absolute atomic E-state index is 7.02. The zero-order valence-corrected chi connectivity index (χ0v) is 22.6. The molecule has 0 aliphatic rings. The first-order valence-electron chi connectivity index (χ1n) is 12.4. The molecule has 0 amide bonds. The first-order chi connectivity index (χ1) is 16.2. The van der Waals surface area contributed by atoms with Crippen molar-refractivity contribution in [3.05, 3.63) is 120 Å². The zero-order chi connectivity index (χ0) is 24.6. The number of allylic oxidation sites excluding steroid dienone is 3. The van der Waals surface area contributed by atoms with Crippen LogP contribution in [0.5, 0.6) is 0 Å². The molecule has 178 valence electrons. The summed E-state index contributed by atoms with van der Waals surface area (Å²) in [6.07, 6.45) is 6.34. The Bertz CT molecular complexity index is 1050. The summed E-state index contributed by atoms with van der Waals surface area (Å²) in [6.45, 7) is 15.7. The van der Waals surface area contributed by atoms with Gasteiger partial charge in [0.05, 0.1) is 5.76 Å². The molecule has 0 radical (unpaired) electrons. The van der Waals surface area contributed by atoms with E-state index in [1.165, 1.54) is 27.1 Å². The van der Waals surface area contributed by atoms with Crippen molar-refractivity contribution in [2.75, 3.05) is 0 Å². The first-order valence-corrected chi connectivity index (χ1v) is 14.3. The summed E-state index contributed by atoms with van der Waals surface area (Å²) in [7, 11) is -2.57. The molecule has 0 spiro atoms. The van der Waals surface area contributed by atoms with Gasteiger partial charge >= 0.3 is 8.32 Å². The predicted molar refractivity (Wildman–Crippen MR) is 150 cm³/mol. The Labute approximate surface area is 208 Å². The van der Waals surface area contributed by atoms with E-state index in [0.717, 1.165) is 31.4 Å². The smallest absolute Gasteiger partial charge is 0.319 e. The van der Waals surface area contributed by atoms with Crippen molar-refractivity contribution in [3.63, 3.8) is 0 Å². The van der Waals surface area contributed by atoms with Crippen LogP contribution in [0.3, 0.4) is 0 Å². The Balaban J connectivity index is 1.72. The van der Waals surface area contributed by atoms with E-state index in [-0.39, 0.29) is 5.04 Å². The van der Waals surface area contributed by atoms with Gasteiger partial charge in [0.2, 0.25) is 0 Å². The third kappa shape index (κ3) is 6.39. The second-order valence-electron chi connectivity index (χ2n) is 10.4. The molecule has 3 aromatic rings. The van der Waals surface area contributed by atoms with Crippen molar-refractivity contribution in [2.45, 2.75) is 65.3 Å². The predicted octanol–water partition coefficient (Wildman–Crippen LogP) is 7.74. The fourth-order valence-electron chi connectivity index (χ4n) is 4.71. The van der Waals surface area contributed by atoms with Gasteiger partial charge in [0, 0.05) is 6.42 Å². The van der Waals surface area contributed by atoms with E-state index in [2.05, 4.69) is 132 Å². The molecule has 3 aromatic carbocycles. The van der Waals surface area contributed by atoms with E-state index in [1.807, 2.05) is 0 Å². The number of rotatable bonds is 10. The standard InChI is InChI=1S/C32H40OSi/c1-26(23-24-29-18-14-16-27(2)25-29)15-13-17-28(3)33-34(32(4,5)6,30-19-9-7-10-20-30)31-21-11-8-12-22-31/h7-12,14,16,18-23,25H,3,13,15,17,24H2,1-2,4-6H3/b26-23-. The normalized spacial score (nSPS) is 12.4. The van der Waals surface area contributed by atoms with Gasteiger partial charge in [0.1, 0.15) is 0 Å². The van der Waals surface area contributed by atoms with Crippen molar-refractivity contribution in [3.8, 4) is 0 Å². The molecule has 0 aliphatic heterocycles. The van der Waals surface area contributed by atoms with Crippen LogP contribution >= 0.6 is 0 Å². The van der Waals surface area contributed by atoms with Crippen molar-refractivity contribution in [1.82, 2.24) is 0 Å². The van der Waals surface area contributed by atoms with Crippen LogP contribution in [0.25, 0.3) is 0 Å². The molecule has 0 atom stereocenters. The van der Waals surface area contributed by atoms with Crippen molar-refractivity contribution < 1.29 is 4.43 Å². The maximum Gasteiger partial charge on any atom is 0.319 e. The highest BCUT2D eigenvalue weighted by atomic mass is 28.4. The highest BCUT2D eigenvalue weighted by molar-refractivity contribution is 6.99. The van der Waals surface area contributed by atoms with E-state index >= 15 is 0 Å². The Morgan fingerprint density at radius 3 is 1.97 bits per heavy atom. The Morgan fingerprint density at radius 1 is 0.853 bits per heavy atom. The van der Waals surface area contributed by atoms with Gasteiger partial charge in [-0.15, -0.1) is 0 Å². The summed E-state index contributed by atoms with van der Waals surface area (Å²) in [5.74, 6) is 0.904. The van der Waals surface area contributed by atoms with Crippen LogP contribution in [0.2, 0.25) is 5.04 Å². The number of hydrogen-bond acceptors (Lipinski definition) is 1. The molecular weight excluding hydrogens is 428 g/mol. The molecule has 0 saturated heterocycles. The van der Waals surface area contributed by atoms with Crippen LogP contribution in [0.4, 0.5) is 0 Å². The van der Waals surface area contributed by atoms with Gasteiger partial charge in [0.25, 0.3) is 0 Å². The second kappa shape index (κ2) is 11.5. The summed E-state index contributed by atoms with van der Waals surface area (Å²) in [6, 6.07) is 30.4. The van der Waals surface area contributed by atoms with Crippen molar-refractivity contribution in [1.29, 1.82) is 0 Å². The maximum atomic E-state index is 7.02. The van der Waals surface area contributed by atoms with E-state index in [1.54, 1.807) is 0 Å². The van der Waals surface area contributed by atoms with Crippen LogP contribution in [0.1, 0.15) is 58.1 Å². The minimum Gasteiger partial charge on any atom is -0.538 e. The van der Waals surface area contributed by atoms with Gasteiger partial charge in [-0.25, -0.2) is 0 Å². The quantitative estimate of drug-likeness (QED) is 0.168. The monoisotopic (exact) mass is 468 g/mol. The molecule has 1 nitrogen and oxygen atoms in total. The summed E-state index contributed by atoms with van der Waals surface area (Å²) in [4.78, 5) is 0. The summed E-state index contributed by atoms with van der Waals surface area (Å²) >= 11 is 0. The third-order valence-electron chi connectivity index (χ3n) is 6.51. The molecule has 0 unspecified atom stereocenters. The zero-order valence-electron chi connectivity index (χ0n) is 21.6. The molecule has 0 saturated carbocycles. The first kappa shape index (κ1) is 25.8. The third-order valence-corrected chi connectivity index (χ3v) is 11.5. The largest absolute Gasteiger partial charge is 0.538 e. The highest BCUT2D eigenvalue weighted by Crippen LogP contribution is 2.38. The fraction of sp³-hybridized carbons (Fsp3) is 0.312. The number of aryl methyl sites for hydroxylation is 1.